The number of ether oxygens (including phenoxy) is 1. The molecule has 0 fully saturated rings. The number of carbonyl (C=O) groups is 2. The van der Waals surface area contributed by atoms with Crippen molar-refractivity contribution in [3.05, 3.63) is 50.7 Å². The summed E-state index contributed by atoms with van der Waals surface area (Å²) in [5.74, 6) is -1.14. The van der Waals surface area contributed by atoms with Crippen molar-refractivity contribution in [2.24, 2.45) is 0 Å². The molecule has 0 amide bonds. The van der Waals surface area contributed by atoms with Crippen LogP contribution in [0.15, 0.2) is 39.5 Å². The SMILES string of the molecule is CC(=O)Oc1cc2oc(=O)c(-c3ccc(CCCCCC(=O)O)s3)cc2cc1Cl. The highest BCUT2D eigenvalue weighted by atomic mass is 35.5. The molecule has 6 nitrogen and oxygen atoms in total. The van der Waals surface area contributed by atoms with Gasteiger partial charge in [0.15, 0.2) is 5.75 Å². The third-order valence-electron chi connectivity index (χ3n) is 4.28. The van der Waals surface area contributed by atoms with E-state index in [4.69, 9.17) is 25.9 Å². The molecule has 0 bridgehead atoms. The van der Waals surface area contributed by atoms with Crippen molar-refractivity contribution in [3.8, 4) is 16.2 Å². The Balaban J connectivity index is 1.78. The Labute approximate surface area is 175 Å². The van der Waals surface area contributed by atoms with Crippen LogP contribution in [0.4, 0.5) is 0 Å². The number of aliphatic carboxylic acids is 1. The molecule has 0 saturated heterocycles. The number of carbonyl (C=O) groups excluding carboxylic acids is 1. The number of hydrogen-bond donors (Lipinski definition) is 1. The molecule has 0 spiro atoms. The van der Waals surface area contributed by atoms with Crippen LogP contribution >= 0.6 is 22.9 Å². The first-order valence-corrected chi connectivity index (χ1v) is 10.3. The number of esters is 1. The monoisotopic (exact) mass is 434 g/mol. The van der Waals surface area contributed by atoms with E-state index in [0.29, 0.717) is 17.4 Å². The standard InChI is InChI=1S/C21H19ClO6S/c1-12(23)27-18-11-17-13(10-16(18)22)9-15(21(26)28-17)19-8-7-14(29-19)5-3-2-4-6-20(24)25/h7-11H,2-6H2,1H3,(H,24,25). The minimum atomic E-state index is -0.772. The van der Waals surface area contributed by atoms with Crippen molar-refractivity contribution >= 4 is 45.8 Å². The van der Waals surface area contributed by atoms with Crippen molar-refractivity contribution < 1.29 is 23.8 Å². The summed E-state index contributed by atoms with van der Waals surface area (Å²) in [5, 5.41) is 9.54. The van der Waals surface area contributed by atoms with Crippen molar-refractivity contribution in [1.29, 1.82) is 0 Å². The van der Waals surface area contributed by atoms with Gasteiger partial charge >= 0.3 is 17.6 Å². The van der Waals surface area contributed by atoms with E-state index in [1.54, 1.807) is 12.1 Å². The van der Waals surface area contributed by atoms with Gasteiger partial charge in [0.1, 0.15) is 5.58 Å². The molecule has 1 aromatic carbocycles. The van der Waals surface area contributed by atoms with E-state index >= 15 is 0 Å². The number of carboxylic acid groups (broad SMARTS) is 1. The summed E-state index contributed by atoms with van der Waals surface area (Å²) >= 11 is 7.67. The lowest BCUT2D eigenvalue weighted by atomic mass is 10.1. The molecule has 2 aromatic heterocycles. The van der Waals surface area contributed by atoms with E-state index in [1.807, 2.05) is 12.1 Å². The van der Waals surface area contributed by atoms with Gasteiger partial charge in [0.2, 0.25) is 0 Å². The molecule has 0 aliphatic rings. The maximum atomic E-state index is 12.5. The van der Waals surface area contributed by atoms with E-state index < -0.39 is 17.6 Å². The zero-order valence-electron chi connectivity index (χ0n) is 15.7. The maximum absolute atomic E-state index is 12.5. The Bertz CT molecular complexity index is 1110. The average molecular weight is 435 g/mol. The van der Waals surface area contributed by atoms with Crippen LogP contribution in [-0.4, -0.2) is 17.0 Å². The number of aryl methyl sites for hydroxylation is 1. The summed E-state index contributed by atoms with van der Waals surface area (Å²) in [5.41, 5.74) is 0.244. The van der Waals surface area contributed by atoms with Crippen LogP contribution in [0.5, 0.6) is 5.75 Å². The van der Waals surface area contributed by atoms with Crippen LogP contribution in [0.2, 0.25) is 5.02 Å². The van der Waals surface area contributed by atoms with E-state index in [-0.39, 0.29) is 22.8 Å². The molecule has 152 valence electrons. The number of fused-ring (bicyclic) bond motifs is 1. The quantitative estimate of drug-likeness (QED) is 0.224. The summed E-state index contributed by atoms with van der Waals surface area (Å²) in [7, 11) is 0. The van der Waals surface area contributed by atoms with E-state index in [1.165, 1.54) is 24.3 Å². The number of unbranched alkanes of at least 4 members (excludes halogenated alkanes) is 2. The second-order valence-electron chi connectivity index (χ2n) is 6.58. The predicted molar refractivity (Wildman–Crippen MR) is 112 cm³/mol. The second-order valence-corrected chi connectivity index (χ2v) is 8.16. The molecule has 29 heavy (non-hydrogen) atoms. The zero-order chi connectivity index (χ0) is 21.0. The third-order valence-corrected chi connectivity index (χ3v) is 5.76. The molecule has 8 heteroatoms. The van der Waals surface area contributed by atoms with Crippen molar-refractivity contribution in [1.82, 2.24) is 0 Å². The molecule has 0 aliphatic heterocycles. The topological polar surface area (TPSA) is 93.8 Å². The summed E-state index contributed by atoms with van der Waals surface area (Å²) in [6.45, 7) is 1.26. The summed E-state index contributed by atoms with van der Waals surface area (Å²) in [6, 6.07) is 8.59. The molecule has 0 saturated carbocycles. The van der Waals surface area contributed by atoms with E-state index in [9.17, 15) is 14.4 Å². The fourth-order valence-electron chi connectivity index (χ4n) is 2.93. The van der Waals surface area contributed by atoms with Crippen LogP contribution < -0.4 is 10.4 Å². The van der Waals surface area contributed by atoms with E-state index in [2.05, 4.69) is 0 Å². The molecular weight excluding hydrogens is 416 g/mol. The number of benzene rings is 1. The Hall–Kier alpha value is -2.64. The number of carboxylic acids is 1. The van der Waals surface area contributed by atoms with Gasteiger partial charge in [-0.2, -0.15) is 0 Å². The van der Waals surface area contributed by atoms with Gasteiger partial charge in [0.25, 0.3) is 0 Å². The van der Waals surface area contributed by atoms with Crippen molar-refractivity contribution in [2.75, 3.05) is 0 Å². The fourth-order valence-corrected chi connectivity index (χ4v) is 4.20. The zero-order valence-corrected chi connectivity index (χ0v) is 17.3. The highest BCUT2D eigenvalue weighted by Crippen LogP contribution is 2.33. The minimum Gasteiger partial charge on any atom is -0.481 e. The molecule has 2 heterocycles. The van der Waals surface area contributed by atoms with Gasteiger partial charge in [-0.1, -0.05) is 18.0 Å². The normalized spacial score (nSPS) is 11.0. The Morgan fingerprint density at radius 1 is 1.17 bits per heavy atom. The van der Waals surface area contributed by atoms with Gasteiger partial charge in [0.05, 0.1) is 10.6 Å². The molecule has 3 rings (SSSR count). The number of halogens is 1. The van der Waals surface area contributed by atoms with Gasteiger partial charge < -0.3 is 14.3 Å². The van der Waals surface area contributed by atoms with Gasteiger partial charge in [-0.05, 0) is 43.5 Å². The van der Waals surface area contributed by atoms with Crippen LogP contribution in [0.1, 0.15) is 37.5 Å². The average Bonchev–Trinajstić information content (AvgIpc) is 3.10. The summed E-state index contributed by atoms with van der Waals surface area (Å²) in [4.78, 5) is 36.1. The lowest BCUT2D eigenvalue weighted by molar-refractivity contribution is -0.137. The fraction of sp³-hybridized carbons (Fsp3) is 0.286. The third kappa shape index (κ3) is 5.46. The lowest BCUT2D eigenvalue weighted by Gasteiger charge is -2.06. The predicted octanol–water partition coefficient (Wildman–Crippen LogP) is 5.29. The number of rotatable bonds is 8. The first-order chi connectivity index (χ1) is 13.8. The van der Waals surface area contributed by atoms with Crippen LogP contribution in [0.25, 0.3) is 21.4 Å². The Kier molecular flexibility index (Phi) is 6.71. The summed E-state index contributed by atoms with van der Waals surface area (Å²) in [6.07, 6.45) is 3.43. The van der Waals surface area contributed by atoms with E-state index in [0.717, 1.165) is 29.0 Å². The Morgan fingerprint density at radius 3 is 2.69 bits per heavy atom. The molecule has 0 unspecified atom stereocenters. The second kappa shape index (κ2) is 9.24. The van der Waals surface area contributed by atoms with Crippen LogP contribution in [0, 0.1) is 0 Å². The smallest absolute Gasteiger partial charge is 0.345 e. The molecule has 0 aliphatic carbocycles. The summed E-state index contributed by atoms with van der Waals surface area (Å²) < 4.78 is 10.4. The van der Waals surface area contributed by atoms with Gasteiger partial charge in [-0.3, -0.25) is 9.59 Å². The highest BCUT2D eigenvalue weighted by Gasteiger charge is 2.14. The van der Waals surface area contributed by atoms with Crippen LogP contribution in [0.3, 0.4) is 0 Å². The molecular formula is C21H19ClO6S. The number of hydrogen-bond acceptors (Lipinski definition) is 6. The minimum absolute atomic E-state index is 0.142. The maximum Gasteiger partial charge on any atom is 0.345 e. The first-order valence-electron chi connectivity index (χ1n) is 9.10. The molecule has 1 N–H and O–H groups in total. The van der Waals surface area contributed by atoms with Gasteiger partial charge in [-0.25, -0.2) is 4.79 Å². The van der Waals surface area contributed by atoms with Crippen molar-refractivity contribution in [2.45, 2.75) is 39.0 Å². The molecule has 0 atom stereocenters. The molecule has 0 radical (unpaired) electrons. The van der Waals surface area contributed by atoms with Crippen molar-refractivity contribution in [3.63, 3.8) is 0 Å². The van der Waals surface area contributed by atoms with Gasteiger partial charge in [0, 0.05) is 34.6 Å². The first kappa shape index (κ1) is 21.1. The Morgan fingerprint density at radius 2 is 1.97 bits per heavy atom. The number of thiophene rings is 1. The highest BCUT2D eigenvalue weighted by molar-refractivity contribution is 7.15. The largest absolute Gasteiger partial charge is 0.481 e. The van der Waals surface area contributed by atoms with Crippen LogP contribution in [-0.2, 0) is 16.0 Å². The van der Waals surface area contributed by atoms with Gasteiger partial charge in [-0.15, -0.1) is 11.3 Å². The lowest BCUT2D eigenvalue weighted by Crippen LogP contribution is -2.04. The molecule has 3 aromatic rings.